The summed E-state index contributed by atoms with van der Waals surface area (Å²) < 4.78 is 38.4. The van der Waals surface area contributed by atoms with Crippen molar-refractivity contribution in [2.75, 3.05) is 33.9 Å². The molecule has 1 unspecified atom stereocenters. The van der Waals surface area contributed by atoms with E-state index in [1.54, 1.807) is 29.0 Å². The highest BCUT2D eigenvalue weighted by molar-refractivity contribution is 6.33. The van der Waals surface area contributed by atoms with Crippen LogP contribution in [-0.2, 0) is 14.2 Å². The molecule has 52 heavy (non-hydrogen) atoms. The van der Waals surface area contributed by atoms with Crippen LogP contribution in [0.2, 0.25) is 5.02 Å². The second-order valence-corrected chi connectivity index (χ2v) is 15.5. The number of ether oxygens (including phenoxy) is 4. The molecule has 0 heterocycles. The first-order valence-electron chi connectivity index (χ1n) is 17.7. The van der Waals surface area contributed by atoms with Gasteiger partial charge in [-0.2, -0.15) is 5.26 Å². The van der Waals surface area contributed by atoms with Crippen LogP contribution in [0.3, 0.4) is 0 Å². The monoisotopic (exact) mass is 735 g/mol. The summed E-state index contributed by atoms with van der Waals surface area (Å²) in [6.07, 6.45) is 1.85. The summed E-state index contributed by atoms with van der Waals surface area (Å²) in [4.78, 5) is 30.3. The van der Waals surface area contributed by atoms with E-state index >= 15 is 4.39 Å². The third-order valence-corrected chi connectivity index (χ3v) is 9.31. The molecule has 2 amide bonds. The summed E-state index contributed by atoms with van der Waals surface area (Å²) in [5.74, 6) is -1.09. The fourth-order valence-corrected chi connectivity index (χ4v) is 6.64. The molecule has 1 fully saturated rings. The highest BCUT2D eigenvalue weighted by atomic mass is 35.5. The lowest BCUT2D eigenvalue weighted by Gasteiger charge is -2.41. The summed E-state index contributed by atoms with van der Waals surface area (Å²) in [5, 5.41) is 10.3. The van der Waals surface area contributed by atoms with Gasteiger partial charge in [0.25, 0.3) is 0 Å². The zero-order chi connectivity index (χ0) is 38.2. The first kappa shape index (κ1) is 40.4. The lowest BCUT2D eigenvalue weighted by atomic mass is 9.86. The standard InChI is InChI=1S/C41H51ClFN3O6/c1-40(2,3)51-38(47)45(7)30-16-18-31(19-17-30)46(39(48)52-41(4,5)6)26-33(27-12-10-9-11-13-27)28-14-20-34(42)32(24-28)36-29(25-44)15-21-35(37(36)43)50-23-22-49-8/h9-15,20-21,24,30-31,33H,16-19,22-23,26H2,1-8H3. The zero-order valence-electron chi connectivity index (χ0n) is 31.5. The number of carbonyl (C=O) groups is 2. The molecule has 1 aliphatic rings. The number of methoxy groups -OCH3 is 1. The molecule has 3 aromatic rings. The van der Waals surface area contributed by atoms with E-state index in [0.717, 1.165) is 11.1 Å². The summed E-state index contributed by atoms with van der Waals surface area (Å²) in [5.41, 5.74) is 0.836. The van der Waals surface area contributed by atoms with Crippen molar-refractivity contribution in [3.8, 4) is 22.9 Å². The van der Waals surface area contributed by atoms with Gasteiger partial charge < -0.3 is 28.7 Å². The first-order chi connectivity index (χ1) is 24.5. The minimum atomic E-state index is -0.735. The largest absolute Gasteiger partial charge is 0.488 e. The van der Waals surface area contributed by atoms with E-state index in [9.17, 15) is 14.9 Å². The Balaban J connectivity index is 1.73. The highest BCUT2D eigenvalue weighted by Gasteiger charge is 2.36. The molecule has 9 nitrogen and oxygen atoms in total. The maximum absolute atomic E-state index is 16.1. The molecule has 1 saturated carbocycles. The predicted octanol–water partition coefficient (Wildman–Crippen LogP) is 9.59. The number of halogens is 2. The minimum absolute atomic E-state index is 0.0175. The average molecular weight is 736 g/mol. The third-order valence-electron chi connectivity index (χ3n) is 8.98. The van der Waals surface area contributed by atoms with E-state index in [4.69, 9.17) is 30.5 Å². The van der Waals surface area contributed by atoms with Gasteiger partial charge in [-0.05, 0) is 103 Å². The van der Waals surface area contributed by atoms with E-state index in [2.05, 4.69) is 6.07 Å². The number of amides is 2. The van der Waals surface area contributed by atoms with Crippen molar-refractivity contribution in [2.45, 2.75) is 96.4 Å². The number of hydrogen-bond acceptors (Lipinski definition) is 7. The van der Waals surface area contributed by atoms with Gasteiger partial charge in [0, 0.05) is 54.9 Å². The Hall–Kier alpha value is -4.33. The van der Waals surface area contributed by atoms with Crippen LogP contribution in [0.1, 0.15) is 89.8 Å². The molecule has 0 bridgehead atoms. The predicted molar refractivity (Wildman–Crippen MR) is 200 cm³/mol. The Morgan fingerprint density at radius 1 is 0.885 bits per heavy atom. The van der Waals surface area contributed by atoms with Crippen molar-refractivity contribution < 1.29 is 32.9 Å². The molecule has 0 saturated heterocycles. The molecule has 0 aromatic heterocycles. The summed E-state index contributed by atoms with van der Waals surface area (Å²) in [6, 6.07) is 20.0. The third kappa shape index (κ3) is 10.6. The first-order valence-corrected chi connectivity index (χ1v) is 18.0. The summed E-state index contributed by atoms with van der Waals surface area (Å²) in [6.45, 7) is 11.7. The molecule has 0 N–H and O–H groups in total. The number of rotatable bonds is 11. The van der Waals surface area contributed by atoms with Crippen molar-refractivity contribution in [1.29, 1.82) is 5.26 Å². The van der Waals surface area contributed by atoms with Crippen LogP contribution >= 0.6 is 11.6 Å². The van der Waals surface area contributed by atoms with Gasteiger partial charge in [0.15, 0.2) is 11.6 Å². The van der Waals surface area contributed by atoms with Gasteiger partial charge in [-0.25, -0.2) is 14.0 Å². The lowest BCUT2D eigenvalue weighted by molar-refractivity contribution is 0.00125. The Kier molecular flexibility index (Phi) is 13.6. The SMILES string of the molecule is COCCOc1ccc(C#N)c(-c2cc(C(CN(C(=O)OC(C)(C)C)C3CCC(N(C)C(=O)OC(C)(C)C)CC3)c3ccccc3)ccc2Cl)c1F. The van der Waals surface area contributed by atoms with Gasteiger partial charge in [-0.3, -0.25) is 0 Å². The van der Waals surface area contributed by atoms with Crippen molar-refractivity contribution in [3.63, 3.8) is 0 Å². The Morgan fingerprint density at radius 2 is 1.50 bits per heavy atom. The van der Waals surface area contributed by atoms with Crippen molar-refractivity contribution in [1.82, 2.24) is 9.80 Å². The molecular formula is C41H51ClFN3O6. The fourth-order valence-electron chi connectivity index (χ4n) is 6.43. The quantitative estimate of drug-likeness (QED) is 0.181. The van der Waals surface area contributed by atoms with E-state index in [0.29, 0.717) is 31.2 Å². The molecular weight excluding hydrogens is 685 g/mol. The van der Waals surface area contributed by atoms with Gasteiger partial charge in [0.05, 0.1) is 18.2 Å². The molecule has 3 aromatic carbocycles. The van der Waals surface area contributed by atoms with Crippen LogP contribution in [0.4, 0.5) is 14.0 Å². The van der Waals surface area contributed by atoms with Gasteiger partial charge >= 0.3 is 12.2 Å². The average Bonchev–Trinajstić information content (AvgIpc) is 3.08. The molecule has 1 aliphatic carbocycles. The van der Waals surface area contributed by atoms with Crippen molar-refractivity contribution in [3.05, 3.63) is 88.2 Å². The van der Waals surface area contributed by atoms with Gasteiger partial charge in [0.2, 0.25) is 0 Å². The second kappa shape index (κ2) is 17.5. The normalized spacial score (nSPS) is 16.7. The second-order valence-electron chi connectivity index (χ2n) is 15.1. The molecule has 11 heteroatoms. The summed E-state index contributed by atoms with van der Waals surface area (Å²) >= 11 is 6.75. The minimum Gasteiger partial charge on any atom is -0.488 e. The molecule has 280 valence electrons. The van der Waals surface area contributed by atoms with Crippen LogP contribution < -0.4 is 4.74 Å². The lowest BCUT2D eigenvalue weighted by Crippen LogP contribution is -2.49. The number of nitrogens with zero attached hydrogens (tertiary/aromatic N) is 3. The van der Waals surface area contributed by atoms with Gasteiger partial charge in [-0.1, -0.05) is 48.0 Å². The van der Waals surface area contributed by atoms with Crippen molar-refractivity contribution >= 4 is 23.8 Å². The smallest absolute Gasteiger partial charge is 0.410 e. The number of benzene rings is 3. The number of nitriles is 1. The molecule has 1 atom stereocenters. The molecule has 0 spiro atoms. The van der Waals surface area contributed by atoms with Gasteiger partial charge in [-0.15, -0.1) is 0 Å². The number of hydrogen-bond donors (Lipinski definition) is 0. The Labute approximate surface area is 312 Å². The van der Waals surface area contributed by atoms with Gasteiger partial charge in [0.1, 0.15) is 17.8 Å². The van der Waals surface area contributed by atoms with E-state index < -0.39 is 23.1 Å². The van der Waals surface area contributed by atoms with Crippen LogP contribution in [0, 0.1) is 17.1 Å². The molecule has 4 rings (SSSR count). The summed E-state index contributed by atoms with van der Waals surface area (Å²) in [7, 11) is 3.29. The highest BCUT2D eigenvalue weighted by Crippen LogP contribution is 2.40. The zero-order valence-corrected chi connectivity index (χ0v) is 32.3. The maximum atomic E-state index is 16.1. The van der Waals surface area contributed by atoms with Crippen LogP contribution in [0.15, 0.2) is 60.7 Å². The van der Waals surface area contributed by atoms with Crippen LogP contribution in [-0.4, -0.2) is 79.2 Å². The molecule has 0 aliphatic heterocycles. The van der Waals surface area contributed by atoms with E-state index in [1.165, 1.54) is 19.2 Å². The topological polar surface area (TPSA) is 101 Å². The fraction of sp³-hybridized carbons (Fsp3) is 0.488. The Morgan fingerprint density at radius 3 is 2.10 bits per heavy atom. The number of carbonyl (C=O) groups excluding carboxylic acids is 2. The van der Waals surface area contributed by atoms with E-state index in [-0.39, 0.29) is 65.8 Å². The van der Waals surface area contributed by atoms with Crippen molar-refractivity contribution in [2.24, 2.45) is 0 Å². The molecule has 0 radical (unpaired) electrons. The van der Waals surface area contributed by atoms with E-state index in [1.807, 2.05) is 77.9 Å². The maximum Gasteiger partial charge on any atom is 0.410 e. The van der Waals surface area contributed by atoms with Crippen LogP contribution in [0.5, 0.6) is 5.75 Å². The Bertz CT molecular complexity index is 1730. The van der Waals surface area contributed by atoms with Crippen LogP contribution in [0.25, 0.3) is 11.1 Å².